The topological polar surface area (TPSA) is 46.2 Å². The van der Waals surface area contributed by atoms with Crippen molar-refractivity contribution in [3.05, 3.63) is 35.9 Å². The van der Waals surface area contributed by atoms with E-state index in [4.69, 9.17) is 17.3 Å². The molecule has 4 fully saturated rings. The van der Waals surface area contributed by atoms with Gasteiger partial charge in [-0.15, -0.1) is 11.6 Å². The second-order valence-electron chi connectivity index (χ2n) is 7.37. The smallest absolute Gasteiger partial charge is 0.0716 e. The quantitative estimate of drug-likeness (QED) is 0.822. The molecule has 108 valence electrons. The van der Waals surface area contributed by atoms with Crippen molar-refractivity contribution in [2.75, 3.05) is 0 Å². The van der Waals surface area contributed by atoms with Crippen LogP contribution in [0.5, 0.6) is 0 Å². The van der Waals surface area contributed by atoms with Gasteiger partial charge in [0, 0.05) is 16.8 Å². The summed E-state index contributed by atoms with van der Waals surface area (Å²) >= 11 is 6.74. The zero-order valence-corrected chi connectivity index (χ0v) is 12.4. The van der Waals surface area contributed by atoms with Crippen molar-refractivity contribution in [3.63, 3.8) is 0 Å². The van der Waals surface area contributed by atoms with Crippen LogP contribution in [0.2, 0.25) is 0 Å². The van der Waals surface area contributed by atoms with Gasteiger partial charge in [0.2, 0.25) is 0 Å². The second kappa shape index (κ2) is 4.22. The Morgan fingerprint density at radius 3 is 2.60 bits per heavy atom. The van der Waals surface area contributed by atoms with Gasteiger partial charge in [0.05, 0.1) is 5.60 Å². The van der Waals surface area contributed by atoms with E-state index in [-0.39, 0.29) is 16.8 Å². The molecule has 20 heavy (non-hydrogen) atoms. The predicted octanol–water partition coefficient (Wildman–Crippen LogP) is 3.24. The van der Waals surface area contributed by atoms with Gasteiger partial charge in [0.15, 0.2) is 0 Å². The van der Waals surface area contributed by atoms with Crippen LogP contribution < -0.4 is 5.73 Å². The number of hydrogen-bond acceptors (Lipinski definition) is 2. The summed E-state index contributed by atoms with van der Waals surface area (Å²) in [4.78, 5) is -0.159. The molecule has 0 heterocycles. The highest BCUT2D eigenvalue weighted by atomic mass is 35.5. The van der Waals surface area contributed by atoms with Crippen LogP contribution in [0.3, 0.4) is 0 Å². The van der Waals surface area contributed by atoms with E-state index in [9.17, 15) is 5.11 Å². The molecule has 2 nitrogen and oxygen atoms in total. The number of alkyl halides is 1. The SMILES string of the molecule is NC(c1ccccc1)[C@H]1[C@H]2C[C@@H]3C[C@](Cl)(C2)C[C@@]1(O)C3. The van der Waals surface area contributed by atoms with Gasteiger partial charge in [-0.2, -0.15) is 0 Å². The molecule has 5 rings (SSSR count). The van der Waals surface area contributed by atoms with E-state index in [1.54, 1.807) is 0 Å². The summed E-state index contributed by atoms with van der Waals surface area (Å²) < 4.78 is 0. The Morgan fingerprint density at radius 1 is 1.20 bits per heavy atom. The molecular weight excluding hydrogens is 270 g/mol. The first-order chi connectivity index (χ1) is 9.49. The minimum Gasteiger partial charge on any atom is -0.389 e. The molecule has 0 radical (unpaired) electrons. The predicted molar refractivity (Wildman–Crippen MR) is 80.5 cm³/mol. The molecular formula is C17H22ClNO. The van der Waals surface area contributed by atoms with Crippen molar-refractivity contribution in [2.45, 2.75) is 48.6 Å². The lowest BCUT2D eigenvalue weighted by Gasteiger charge is -2.63. The minimum atomic E-state index is -0.652. The molecule has 6 atom stereocenters. The number of benzene rings is 1. The highest BCUT2D eigenvalue weighted by Gasteiger charge is 2.62. The van der Waals surface area contributed by atoms with Crippen molar-refractivity contribution in [2.24, 2.45) is 23.5 Å². The van der Waals surface area contributed by atoms with E-state index < -0.39 is 5.60 Å². The fourth-order valence-electron chi connectivity index (χ4n) is 5.56. The van der Waals surface area contributed by atoms with Crippen molar-refractivity contribution in [1.82, 2.24) is 0 Å². The molecule has 1 unspecified atom stereocenters. The third kappa shape index (κ3) is 1.85. The van der Waals surface area contributed by atoms with E-state index in [1.165, 1.54) is 6.42 Å². The summed E-state index contributed by atoms with van der Waals surface area (Å²) in [5.41, 5.74) is 7.03. The van der Waals surface area contributed by atoms with E-state index in [0.29, 0.717) is 11.8 Å². The molecule has 0 saturated heterocycles. The van der Waals surface area contributed by atoms with E-state index in [2.05, 4.69) is 12.1 Å². The maximum atomic E-state index is 11.2. The van der Waals surface area contributed by atoms with Crippen LogP contribution in [0.1, 0.15) is 43.7 Å². The van der Waals surface area contributed by atoms with E-state index in [0.717, 1.165) is 31.2 Å². The molecule has 3 N–H and O–H groups in total. The fraction of sp³-hybridized carbons (Fsp3) is 0.647. The Labute approximate surface area is 125 Å². The largest absolute Gasteiger partial charge is 0.389 e. The van der Waals surface area contributed by atoms with Gasteiger partial charge < -0.3 is 10.8 Å². The molecule has 4 saturated carbocycles. The zero-order chi connectivity index (χ0) is 14.0. The number of aliphatic hydroxyl groups is 1. The molecule has 0 aliphatic heterocycles. The number of halogens is 1. The summed E-state index contributed by atoms with van der Waals surface area (Å²) in [6.45, 7) is 0. The van der Waals surface area contributed by atoms with Crippen LogP contribution in [0.4, 0.5) is 0 Å². The molecule has 4 bridgehead atoms. The third-order valence-corrected chi connectivity index (χ3v) is 6.33. The van der Waals surface area contributed by atoms with Crippen LogP contribution in [0, 0.1) is 17.8 Å². The molecule has 3 heteroatoms. The average Bonchev–Trinajstić information content (AvgIpc) is 2.36. The van der Waals surface area contributed by atoms with Crippen LogP contribution in [0.25, 0.3) is 0 Å². The maximum absolute atomic E-state index is 11.2. The molecule has 4 aliphatic carbocycles. The summed E-state index contributed by atoms with van der Waals surface area (Å²) in [5, 5.41) is 11.2. The number of hydrogen-bond donors (Lipinski definition) is 2. The molecule has 1 aromatic rings. The Morgan fingerprint density at radius 2 is 1.95 bits per heavy atom. The van der Waals surface area contributed by atoms with Gasteiger partial charge in [-0.3, -0.25) is 0 Å². The Bertz CT molecular complexity index is 521. The lowest BCUT2D eigenvalue weighted by molar-refractivity contribution is -0.170. The van der Waals surface area contributed by atoms with Gasteiger partial charge in [-0.05, 0) is 49.5 Å². The molecule has 0 aromatic heterocycles. The summed E-state index contributed by atoms with van der Waals surface area (Å²) in [5.74, 6) is 1.24. The first kappa shape index (κ1) is 13.1. The van der Waals surface area contributed by atoms with Gasteiger partial charge in [0.1, 0.15) is 0 Å². The summed E-state index contributed by atoms with van der Waals surface area (Å²) in [6.07, 6.45) is 4.92. The first-order valence-corrected chi connectivity index (χ1v) is 8.09. The zero-order valence-electron chi connectivity index (χ0n) is 11.6. The van der Waals surface area contributed by atoms with Crippen molar-refractivity contribution in [1.29, 1.82) is 0 Å². The van der Waals surface area contributed by atoms with Gasteiger partial charge in [-0.1, -0.05) is 30.3 Å². The van der Waals surface area contributed by atoms with Gasteiger partial charge in [0.25, 0.3) is 0 Å². The molecule has 0 amide bonds. The second-order valence-corrected chi connectivity index (χ2v) is 8.17. The Balaban J connectivity index is 1.69. The lowest BCUT2D eigenvalue weighted by Crippen LogP contribution is -2.64. The van der Waals surface area contributed by atoms with Crippen molar-refractivity contribution < 1.29 is 5.11 Å². The van der Waals surface area contributed by atoms with Crippen LogP contribution in [-0.4, -0.2) is 15.6 Å². The normalized spacial score (nSPS) is 47.5. The van der Waals surface area contributed by atoms with E-state index >= 15 is 0 Å². The fourth-order valence-corrected chi connectivity index (χ4v) is 6.21. The maximum Gasteiger partial charge on any atom is 0.0716 e. The van der Waals surface area contributed by atoms with Crippen LogP contribution >= 0.6 is 11.6 Å². The highest BCUT2D eigenvalue weighted by molar-refractivity contribution is 6.24. The monoisotopic (exact) mass is 291 g/mol. The lowest BCUT2D eigenvalue weighted by atomic mass is 9.48. The molecule has 1 aromatic carbocycles. The molecule has 4 aliphatic rings. The standard InChI is InChI=1S/C17H22ClNO/c18-16-7-11-6-13(9-16)14(17(20,8-11)10-16)15(19)12-4-2-1-3-5-12/h1-5,11,13-15,20H,6-10,19H2/t11-,13+,14-,15?,16+,17+/m1/s1. The van der Waals surface area contributed by atoms with Crippen molar-refractivity contribution >= 4 is 11.6 Å². The third-order valence-electron chi connectivity index (χ3n) is 5.88. The first-order valence-electron chi connectivity index (χ1n) is 7.71. The number of nitrogens with two attached hydrogens (primary N) is 1. The Hall–Kier alpha value is -0.570. The van der Waals surface area contributed by atoms with E-state index in [1.807, 2.05) is 18.2 Å². The summed E-state index contributed by atoms with van der Waals surface area (Å²) in [7, 11) is 0. The van der Waals surface area contributed by atoms with Gasteiger partial charge >= 0.3 is 0 Å². The number of rotatable bonds is 2. The van der Waals surface area contributed by atoms with Crippen LogP contribution in [-0.2, 0) is 0 Å². The minimum absolute atomic E-state index is 0.0773. The highest BCUT2D eigenvalue weighted by Crippen LogP contribution is 2.64. The van der Waals surface area contributed by atoms with Gasteiger partial charge in [-0.25, -0.2) is 0 Å². The van der Waals surface area contributed by atoms with Crippen molar-refractivity contribution in [3.8, 4) is 0 Å². The molecule has 0 spiro atoms. The Kier molecular flexibility index (Phi) is 2.77. The summed E-state index contributed by atoms with van der Waals surface area (Å²) in [6, 6.07) is 10.1. The average molecular weight is 292 g/mol. The van der Waals surface area contributed by atoms with Crippen LogP contribution in [0.15, 0.2) is 30.3 Å².